The van der Waals surface area contributed by atoms with Gasteiger partial charge in [-0.3, -0.25) is 0 Å². The van der Waals surface area contributed by atoms with Gasteiger partial charge >= 0.3 is 0 Å². The predicted octanol–water partition coefficient (Wildman–Crippen LogP) is 4.59. The van der Waals surface area contributed by atoms with Crippen LogP contribution in [0.15, 0.2) is 59.1 Å². The zero-order valence-corrected chi connectivity index (χ0v) is 12.9. The van der Waals surface area contributed by atoms with Crippen LogP contribution >= 0.6 is 15.9 Å². The monoisotopic (exact) mass is 332 g/mol. The maximum Gasteiger partial charge on any atom is 0.126 e. The summed E-state index contributed by atoms with van der Waals surface area (Å²) < 4.78 is 6.66. The van der Waals surface area contributed by atoms with E-state index in [1.807, 2.05) is 60.7 Å². The number of hydrogen-bond donors (Lipinski definition) is 1. The van der Waals surface area contributed by atoms with Crippen molar-refractivity contribution in [3.8, 4) is 5.75 Å². The number of hydrogen-bond acceptors (Lipinski definition) is 2. The Morgan fingerprint density at radius 2 is 1.95 bits per heavy atom. The van der Waals surface area contributed by atoms with Crippen molar-refractivity contribution >= 4 is 22.0 Å². The fourth-order valence-electron chi connectivity index (χ4n) is 1.86. The van der Waals surface area contributed by atoms with Crippen molar-refractivity contribution in [2.75, 3.05) is 6.61 Å². The van der Waals surface area contributed by atoms with E-state index in [2.05, 4.69) is 15.9 Å². The highest BCUT2D eigenvalue weighted by Gasteiger charge is 2.09. The summed E-state index contributed by atoms with van der Waals surface area (Å²) in [5.74, 6) is 0.701. The molecule has 0 bridgehead atoms. The third-order valence-corrected chi connectivity index (χ3v) is 3.36. The summed E-state index contributed by atoms with van der Waals surface area (Å²) in [7, 11) is 0. The molecule has 0 fully saturated rings. The fraction of sp³-hybridized carbons (Fsp3) is 0.176. The van der Waals surface area contributed by atoms with Gasteiger partial charge in [0.2, 0.25) is 0 Å². The highest BCUT2D eigenvalue weighted by atomic mass is 79.9. The van der Waals surface area contributed by atoms with Crippen LogP contribution in [0.3, 0.4) is 0 Å². The van der Waals surface area contributed by atoms with Crippen molar-refractivity contribution in [2.45, 2.75) is 13.0 Å². The van der Waals surface area contributed by atoms with Gasteiger partial charge in [-0.2, -0.15) is 0 Å². The molecule has 0 saturated heterocycles. The number of ether oxygens (including phenoxy) is 1. The van der Waals surface area contributed by atoms with Gasteiger partial charge in [0.05, 0.1) is 6.10 Å². The second-order valence-corrected chi connectivity index (χ2v) is 5.40. The molecule has 2 aromatic rings. The van der Waals surface area contributed by atoms with Gasteiger partial charge in [0.25, 0.3) is 0 Å². The predicted molar refractivity (Wildman–Crippen MR) is 85.7 cm³/mol. The fourth-order valence-corrected chi connectivity index (χ4v) is 2.20. The van der Waals surface area contributed by atoms with Crippen LogP contribution in [0.5, 0.6) is 5.75 Å². The van der Waals surface area contributed by atoms with Gasteiger partial charge in [0.15, 0.2) is 0 Å². The maximum atomic E-state index is 9.72. The molecule has 0 spiro atoms. The number of aliphatic hydroxyl groups excluding tert-OH is 1. The molecule has 1 N–H and O–H groups in total. The summed E-state index contributed by atoms with van der Waals surface area (Å²) in [6, 6.07) is 15.7. The lowest BCUT2D eigenvalue weighted by Crippen LogP contribution is -2.00. The Morgan fingerprint density at radius 3 is 2.65 bits per heavy atom. The first-order valence-corrected chi connectivity index (χ1v) is 7.28. The van der Waals surface area contributed by atoms with E-state index in [-0.39, 0.29) is 0 Å². The van der Waals surface area contributed by atoms with Crippen molar-refractivity contribution in [1.82, 2.24) is 0 Å². The molecule has 0 saturated carbocycles. The van der Waals surface area contributed by atoms with Crippen molar-refractivity contribution in [3.05, 3.63) is 70.2 Å². The third-order valence-electron chi connectivity index (χ3n) is 2.87. The molecule has 0 amide bonds. The minimum absolute atomic E-state index is 0.463. The molecule has 0 radical (unpaired) electrons. The van der Waals surface area contributed by atoms with Crippen molar-refractivity contribution < 1.29 is 9.84 Å². The van der Waals surface area contributed by atoms with Gasteiger partial charge in [-0.05, 0) is 30.7 Å². The number of rotatable bonds is 5. The average Bonchev–Trinajstić information content (AvgIpc) is 2.44. The van der Waals surface area contributed by atoms with E-state index in [0.29, 0.717) is 12.4 Å². The normalized spacial score (nSPS) is 12.6. The molecular weight excluding hydrogens is 316 g/mol. The quantitative estimate of drug-likeness (QED) is 0.867. The summed E-state index contributed by atoms with van der Waals surface area (Å²) in [6.45, 7) is 2.20. The first-order valence-electron chi connectivity index (χ1n) is 6.48. The van der Waals surface area contributed by atoms with Gasteiger partial charge in [-0.1, -0.05) is 58.4 Å². The Labute approximate surface area is 127 Å². The second kappa shape index (κ2) is 7.27. The van der Waals surface area contributed by atoms with E-state index in [1.54, 1.807) is 6.92 Å². The molecule has 0 aromatic heterocycles. The summed E-state index contributed by atoms with van der Waals surface area (Å²) in [6.07, 6.45) is 3.43. The van der Waals surface area contributed by atoms with Crippen LogP contribution in [0.25, 0.3) is 6.08 Å². The third kappa shape index (κ3) is 4.22. The van der Waals surface area contributed by atoms with Gasteiger partial charge in [-0.25, -0.2) is 0 Å². The number of halogens is 1. The molecule has 20 heavy (non-hydrogen) atoms. The zero-order chi connectivity index (χ0) is 14.4. The number of benzene rings is 2. The van der Waals surface area contributed by atoms with Gasteiger partial charge in [-0.15, -0.1) is 0 Å². The molecule has 2 aromatic carbocycles. The van der Waals surface area contributed by atoms with Crippen LogP contribution in [-0.4, -0.2) is 11.7 Å². The zero-order valence-electron chi connectivity index (χ0n) is 11.3. The summed E-state index contributed by atoms with van der Waals surface area (Å²) >= 11 is 3.41. The minimum atomic E-state index is -0.545. The van der Waals surface area contributed by atoms with E-state index >= 15 is 0 Å². The highest BCUT2D eigenvalue weighted by Crippen LogP contribution is 2.28. The molecular formula is C17H17BrO2. The van der Waals surface area contributed by atoms with E-state index in [0.717, 1.165) is 15.6 Å². The van der Waals surface area contributed by atoms with Crippen LogP contribution in [0, 0.1) is 0 Å². The summed E-state index contributed by atoms with van der Waals surface area (Å²) in [5.41, 5.74) is 1.93. The van der Waals surface area contributed by atoms with Crippen LogP contribution in [-0.2, 0) is 0 Å². The largest absolute Gasteiger partial charge is 0.489 e. The topological polar surface area (TPSA) is 29.5 Å². The lowest BCUT2D eigenvalue weighted by Gasteiger charge is -2.12. The minimum Gasteiger partial charge on any atom is -0.489 e. The Hall–Kier alpha value is -1.58. The standard InChI is InChI=1S/C17H17BrO2/c1-13(19)16-10-9-15(18)12-17(16)20-11-5-8-14-6-3-2-4-7-14/h2-10,12-13,19H,11H2,1H3/b8-5+. The lowest BCUT2D eigenvalue weighted by molar-refractivity contribution is 0.193. The molecule has 0 aliphatic heterocycles. The second-order valence-electron chi connectivity index (χ2n) is 4.48. The van der Waals surface area contributed by atoms with E-state index in [9.17, 15) is 5.11 Å². The van der Waals surface area contributed by atoms with Crippen molar-refractivity contribution in [1.29, 1.82) is 0 Å². The molecule has 3 heteroatoms. The molecule has 0 aliphatic carbocycles. The molecule has 0 heterocycles. The first kappa shape index (κ1) is 14.8. The van der Waals surface area contributed by atoms with Crippen molar-refractivity contribution in [3.63, 3.8) is 0 Å². The molecule has 0 aliphatic rings. The lowest BCUT2D eigenvalue weighted by atomic mass is 10.1. The highest BCUT2D eigenvalue weighted by molar-refractivity contribution is 9.10. The van der Waals surface area contributed by atoms with Crippen LogP contribution < -0.4 is 4.74 Å². The van der Waals surface area contributed by atoms with Crippen LogP contribution in [0.4, 0.5) is 0 Å². The maximum absolute atomic E-state index is 9.72. The molecule has 104 valence electrons. The Balaban J connectivity index is 2.00. The summed E-state index contributed by atoms with van der Waals surface area (Å²) in [5, 5.41) is 9.72. The van der Waals surface area contributed by atoms with Gasteiger partial charge < -0.3 is 9.84 Å². The van der Waals surface area contributed by atoms with E-state index < -0.39 is 6.10 Å². The van der Waals surface area contributed by atoms with E-state index in [1.165, 1.54) is 0 Å². The van der Waals surface area contributed by atoms with Crippen LogP contribution in [0.1, 0.15) is 24.2 Å². The number of aliphatic hydroxyl groups is 1. The summed E-state index contributed by atoms with van der Waals surface area (Å²) in [4.78, 5) is 0. The SMILES string of the molecule is CC(O)c1ccc(Br)cc1OC/C=C/c1ccccc1. The molecule has 1 unspecified atom stereocenters. The van der Waals surface area contributed by atoms with E-state index in [4.69, 9.17) is 4.74 Å². The smallest absolute Gasteiger partial charge is 0.126 e. The van der Waals surface area contributed by atoms with Crippen molar-refractivity contribution in [2.24, 2.45) is 0 Å². The Morgan fingerprint density at radius 1 is 1.20 bits per heavy atom. The van der Waals surface area contributed by atoms with Gasteiger partial charge in [0.1, 0.15) is 12.4 Å². The van der Waals surface area contributed by atoms with Crippen LogP contribution in [0.2, 0.25) is 0 Å². The first-order chi connectivity index (χ1) is 9.66. The van der Waals surface area contributed by atoms with Gasteiger partial charge in [0, 0.05) is 10.0 Å². The molecule has 2 rings (SSSR count). The average molecular weight is 333 g/mol. The Bertz CT molecular complexity index is 577. The Kier molecular flexibility index (Phi) is 5.39. The molecule has 1 atom stereocenters. The molecule has 2 nitrogen and oxygen atoms in total.